The van der Waals surface area contributed by atoms with E-state index in [1.54, 1.807) is 30.3 Å². The lowest BCUT2D eigenvalue weighted by Gasteiger charge is -2.05. The number of hydrogen-bond donors (Lipinski definition) is 1. The maximum atomic E-state index is 11.9. The van der Waals surface area contributed by atoms with Crippen molar-refractivity contribution in [3.63, 3.8) is 0 Å². The number of nitrogens with one attached hydrogen (secondary N) is 1. The van der Waals surface area contributed by atoms with Crippen LogP contribution in [-0.2, 0) is 10.8 Å². The molecular formula is C14H13ClN2O2S. The van der Waals surface area contributed by atoms with Crippen molar-refractivity contribution >= 4 is 28.3 Å². The third kappa shape index (κ3) is 4.15. The van der Waals surface area contributed by atoms with Crippen LogP contribution in [0.1, 0.15) is 10.5 Å². The van der Waals surface area contributed by atoms with Gasteiger partial charge >= 0.3 is 0 Å². The minimum Gasteiger partial charge on any atom is -0.350 e. The van der Waals surface area contributed by atoms with Crippen molar-refractivity contribution in [3.05, 3.63) is 59.4 Å². The van der Waals surface area contributed by atoms with Crippen LogP contribution < -0.4 is 5.32 Å². The van der Waals surface area contributed by atoms with E-state index in [0.717, 1.165) is 4.90 Å². The Morgan fingerprint density at radius 1 is 1.15 bits per heavy atom. The molecule has 1 heterocycles. The van der Waals surface area contributed by atoms with Gasteiger partial charge < -0.3 is 5.32 Å². The van der Waals surface area contributed by atoms with Gasteiger partial charge in [-0.25, -0.2) is 4.98 Å². The van der Waals surface area contributed by atoms with E-state index in [1.165, 1.54) is 0 Å². The van der Waals surface area contributed by atoms with Gasteiger partial charge in [0.25, 0.3) is 5.91 Å². The Balaban J connectivity index is 1.84. The third-order valence-corrected chi connectivity index (χ3v) is 4.11. The fraction of sp³-hybridized carbons (Fsp3) is 0.143. The molecule has 2 rings (SSSR count). The molecule has 2 aromatic rings. The van der Waals surface area contributed by atoms with Gasteiger partial charge in [0.05, 0.1) is 10.8 Å². The Morgan fingerprint density at radius 2 is 1.90 bits per heavy atom. The molecule has 0 radical (unpaired) electrons. The van der Waals surface area contributed by atoms with Gasteiger partial charge in [-0.2, -0.15) is 0 Å². The number of benzene rings is 1. The quantitative estimate of drug-likeness (QED) is 0.862. The first-order chi connectivity index (χ1) is 9.66. The van der Waals surface area contributed by atoms with Crippen molar-refractivity contribution < 1.29 is 9.00 Å². The normalized spacial score (nSPS) is 11.8. The summed E-state index contributed by atoms with van der Waals surface area (Å²) in [7, 11) is -1.12. The van der Waals surface area contributed by atoms with Crippen LogP contribution in [0.5, 0.6) is 0 Å². The number of carbonyl (C=O) groups is 1. The van der Waals surface area contributed by atoms with Crippen molar-refractivity contribution in [3.8, 4) is 0 Å². The van der Waals surface area contributed by atoms with E-state index in [4.69, 9.17) is 11.6 Å². The van der Waals surface area contributed by atoms with Gasteiger partial charge in [-0.3, -0.25) is 9.00 Å². The van der Waals surface area contributed by atoms with Crippen LogP contribution in [-0.4, -0.2) is 27.4 Å². The molecule has 1 amide bonds. The number of nitrogens with zero attached hydrogens (tertiary/aromatic N) is 1. The maximum Gasteiger partial charge on any atom is 0.269 e. The van der Waals surface area contributed by atoms with Gasteiger partial charge in [0, 0.05) is 17.2 Å². The summed E-state index contributed by atoms with van der Waals surface area (Å²) in [6, 6.07) is 14.0. The zero-order chi connectivity index (χ0) is 14.4. The molecule has 0 bridgehead atoms. The molecule has 0 aliphatic carbocycles. The number of aromatic nitrogens is 1. The van der Waals surface area contributed by atoms with Crippen molar-refractivity contribution in [2.45, 2.75) is 4.90 Å². The molecule has 4 nitrogen and oxygen atoms in total. The van der Waals surface area contributed by atoms with E-state index >= 15 is 0 Å². The summed E-state index contributed by atoms with van der Waals surface area (Å²) < 4.78 is 11.9. The second-order valence-electron chi connectivity index (χ2n) is 3.96. The summed E-state index contributed by atoms with van der Waals surface area (Å²) in [6.45, 7) is 0.314. The topological polar surface area (TPSA) is 59.1 Å². The smallest absolute Gasteiger partial charge is 0.269 e. The van der Waals surface area contributed by atoms with Crippen LogP contribution in [0.3, 0.4) is 0 Å². The summed E-state index contributed by atoms with van der Waals surface area (Å²) >= 11 is 5.71. The van der Waals surface area contributed by atoms with Crippen molar-refractivity contribution in [1.29, 1.82) is 0 Å². The van der Waals surface area contributed by atoms with Gasteiger partial charge in [-0.1, -0.05) is 35.9 Å². The van der Waals surface area contributed by atoms with Gasteiger partial charge in [-0.05, 0) is 24.3 Å². The number of hydrogen-bond acceptors (Lipinski definition) is 3. The largest absolute Gasteiger partial charge is 0.350 e. The fourth-order valence-corrected chi connectivity index (χ4v) is 2.72. The number of halogens is 1. The summed E-state index contributed by atoms with van der Waals surface area (Å²) in [6.07, 6.45) is 0. The van der Waals surface area contributed by atoms with Crippen molar-refractivity contribution in [2.24, 2.45) is 0 Å². The van der Waals surface area contributed by atoms with Crippen LogP contribution in [0.25, 0.3) is 0 Å². The first kappa shape index (κ1) is 14.7. The number of pyridine rings is 1. The van der Waals surface area contributed by atoms with E-state index in [2.05, 4.69) is 10.3 Å². The highest BCUT2D eigenvalue weighted by atomic mass is 35.5. The van der Waals surface area contributed by atoms with E-state index in [9.17, 15) is 9.00 Å². The zero-order valence-electron chi connectivity index (χ0n) is 10.6. The minimum atomic E-state index is -1.12. The molecular weight excluding hydrogens is 296 g/mol. The van der Waals surface area contributed by atoms with Crippen LogP contribution in [0.4, 0.5) is 0 Å². The average molecular weight is 309 g/mol. The monoisotopic (exact) mass is 308 g/mol. The first-order valence-electron chi connectivity index (χ1n) is 6.01. The zero-order valence-corrected chi connectivity index (χ0v) is 12.2. The molecule has 20 heavy (non-hydrogen) atoms. The summed E-state index contributed by atoms with van der Waals surface area (Å²) in [4.78, 5) is 16.4. The first-order valence-corrected chi connectivity index (χ1v) is 7.70. The molecule has 0 aliphatic rings. The van der Waals surface area contributed by atoms with Gasteiger partial charge in [0.2, 0.25) is 0 Å². The third-order valence-electron chi connectivity index (χ3n) is 2.53. The molecule has 0 unspecified atom stereocenters. The maximum absolute atomic E-state index is 11.9. The van der Waals surface area contributed by atoms with Gasteiger partial charge in [0.1, 0.15) is 10.8 Å². The molecule has 0 saturated carbocycles. The lowest BCUT2D eigenvalue weighted by atomic mass is 10.3. The van der Waals surface area contributed by atoms with Gasteiger partial charge in [0.15, 0.2) is 0 Å². The second kappa shape index (κ2) is 7.17. The highest BCUT2D eigenvalue weighted by Gasteiger charge is 2.08. The number of rotatable bonds is 5. The molecule has 0 fully saturated rings. The number of amides is 1. The van der Waals surface area contributed by atoms with E-state index in [0.29, 0.717) is 12.3 Å². The highest BCUT2D eigenvalue weighted by molar-refractivity contribution is 7.85. The SMILES string of the molecule is O=C(NCC[S@](=O)c1ccccc1)c1cccc(Cl)n1. The van der Waals surface area contributed by atoms with Crippen LogP contribution in [0.2, 0.25) is 5.15 Å². The second-order valence-corrected chi connectivity index (χ2v) is 5.92. The lowest BCUT2D eigenvalue weighted by Crippen LogP contribution is -2.28. The number of carbonyl (C=O) groups excluding carboxylic acids is 1. The minimum absolute atomic E-state index is 0.253. The van der Waals surface area contributed by atoms with Crippen molar-refractivity contribution in [1.82, 2.24) is 10.3 Å². The predicted octanol–water partition coefficient (Wildman–Crippen LogP) is 2.27. The van der Waals surface area contributed by atoms with Crippen LogP contribution in [0.15, 0.2) is 53.4 Å². The molecule has 1 aromatic carbocycles. The molecule has 6 heteroatoms. The highest BCUT2D eigenvalue weighted by Crippen LogP contribution is 2.06. The Hall–Kier alpha value is -1.72. The predicted molar refractivity (Wildman–Crippen MR) is 79.3 cm³/mol. The van der Waals surface area contributed by atoms with Crippen LogP contribution >= 0.6 is 11.6 Å². The Labute approximate surface area is 124 Å². The molecule has 0 aliphatic heterocycles. The molecule has 104 valence electrons. The Bertz CT molecular complexity index is 620. The van der Waals surface area contributed by atoms with Crippen molar-refractivity contribution in [2.75, 3.05) is 12.3 Å². The van der Waals surface area contributed by atoms with E-state index < -0.39 is 10.8 Å². The standard InChI is InChI=1S/C14H13ClN2O2S/c15-13-8-4-7-12(17-13)14(18)16-9-10-20(19)11-5-2-1-3-6-11/h1-8H,9-10H2,(H,16,18)/t20-/m0/s1. The average Bonchev–Trinajstić information content (AvgIpc) is 2.48. The lowest BCUT2D eigenvalue weighted by molar-refractivity contribution is 0.0951. The molecule has 1 aromatic heterocycles. The van der Waals surface area contributed by atoms with Gasteiger partial charge in [-0.15, -0.1) is 0 Å². The molecule has 1 N–H and O–H groups in total. The molecule has 0 saturated heterocycles. The Kier molecular flexibility index (Phi) is 5.26. The molecule has 1 atom stereocenters. The summed E-state index contributed by atoms with van der Waals surface area (Å²) in [5.74, 6) is 0.0358. The Morgan fingerprint density at radius 3 is 2.60 bits per heavy atom. The van der Waals surface area contributed by atoms with E-state index in [-0.39, 0.29) is 16.8 Å². The summed E-state index contributed by atoms with van der Waals surface area (Å²) in [5, 5.41) is 2.94. The van der Waals surface area contributed by atoms with E-state index in [1.807, 2.05) is 18.2 Å². The molecule has 0 spiro atoms. The van der Waals surface area contributed by atoms with Crippen LogP contribution in [0, 0.1) is 0 Å². The summed E-state index contributed by atoms with van der Waals surface area (Å²) in [5.41, 5.74) is 0.253. The fourth-order valence-electron chi connectivity index (χ4n) is 1.57.